The Morgan fingerprint density at radius 3 is 2.45 bits per heavy atom. The van der Waals surface area contributed by atoms with E-state index in [1.807, 2.05) is 30.3 Å². The molecular weight excluding hydrogens is 258 g/mol. The largest absolute Gasteiger partial charge is 0.383 e. The number of rotatable bonds is 5. The van der Waals surface area contributed by atoms with Crippen molar-refractivity contribution in [1.29, 1.82) is 5.26 Å². The Balaban J connectivity index is 1.89. The van der Waals surface area contributed by atoms with Crippen LogP contribution < -0.4 is 5.32 Å². The molecular formula is C16H14F2N2. The van der Waals surface area contributed by atoms with E-state index in [0.29, 0.717) is 6.54 Å². The van der Waals surface area contributed by atoms with E-state index in [0.717, 1.165) is 12.8 Å². The third-order valence-electron chi connectivity index (χ3n) is 3.00. The van der Waals surface area contributed by atoms with Crippen molar-refractivity contribution in [3.05, 3.63) is 65.2 Å². The molecule has 102 valence electrons. The van der Waals surface area contributed by atoms with Gasteiger partial charge in [0.15, 0.2) is 11.6 Å². The van der Waals surface area contributed by atoms with E-state index in [2.05, 4.69) is 5.32 Å². The fourth-order valence-corrected chi connectivity index (χ4v) is 1.93. The Hall–Kier alpha value is -2.41. The van der Waals surface area contributed by atoms with E-state index in [9.17, 15) is 8.78 Å². The SMILES string of the molecule is N#Cc1ccc(NCCCc2ccccc2)c(F)c1F. The Morgan fingerprint density at radius 1 is 1.00 bits per heavy atom. The summed E-state index contributed by atoms with van der Waals surface area (Å²) in [4.78, 5) is 0. The maximum absolute atomic E-state index is 13.6. The van der Waals surface area contributed by atoms with Crippen LogP contribution in [0.3, 0.4) is 0 Å². The molecule has 4 heteroatoms. The monoisotopic (exact) mass is 272 g/mol. The molecule has 0 aliphatic carbocycles. The highest BCUT2D eigenvalue weighted by Gasteiger charge is 2.12. The van der Waals surface area contributed by atoms with Crippen LogP contribution in [0.1, 0.15) is 17.5 Å². The normalized spacial score (nSPS) is 10.1. The maximum atomic E-state index is 13.6. The number of hydrogen-bond donors (Lipinski definition) is 1. The summed E-state index contributed by atoms with van der Waals surface area (Å²) < 4.78 is 27.0. The second-order valence-corrected chi connectivity index (χ2v) is 4.42. The fourth-order valence-electron chi connectivity index (χ4n) is 1.93. The lowest BCUT2D eigenvalue weighted by molar-refractivity contribution is 0.508. The lowest BCUT2D eigenvalue weighted by atomic mass is 10.1. The average Bonchev–Trinajstić information content (AvgIpc) is 2.49. The zero-order valence-electron chi connectivity index (χ0n) is 10.9. The highest BCUT2D eigenvalue weighted by molar-refractivity contribution is 5.49. The number of halogens is 2. The Kier molecular flexibility index (Phi) is 4.67. The van der Waals surface area contributed by atoms with Gasteiger partial charge in [-0.05, 0) is 30.5 Å². The summed E-state index contributed by atoms with van der Waals surface area (Å²) in [5, 5.41) is 11.4. The lowest BCUT2D eigenvalue weighted by Crippen LogP contribution is -2.06. The molecule has 2 aromatic rings. The van der Waals surface area contributed by atoms with Gasteiger partial charge in [0.25, 0.3) is 0 Å². The van der Waals surface area contributed by atoms with Gasteiger partial charge in [-0.25, -0.2) is 8.78 Å². The van der Waals surface area contributed by atoms with Crippen LogP contribution in [0.25, 0.3) is 0 Å². The molecule has 0 fully saturated rings. The zero-order chi connectivity index (χ0) is 14.4. The zero-order valence-corrected chi connectivity index (χ0v) is 10.9. The van der Waals surface area contributed by atoms with Gasteiger partial charge in [-0.15, -0.1) is 0 Å². The third-order valence-corrected chi connectivity index (χ3v) is 3.00. The average molecular weight is 272 g/mol. The molecule has 20 heavy (non-hydrogen) atoms. The van der Waals surface area contributed by atoms with Gasteiger partial charge in [-0.2, -0.15) is 5.26 Å². The summed E-state index contributed by atoms with van der Waals surface area (Å²) in [6.07, 6.45) is 1.68. The van der Waals surface area contributed by atoms with Crippen LogP contribution >= 0.6 is 0 Å². The molecule has 0 unspecified atom stereocenters. The van der Waals surface area contributed by atoms with E-state index >= 15 is 0 Å². The number of nitrogens with zero attached hydrogens (tertiary/aromatic N) is 1. The van der Waals surface area contributed by atoms with E-state index in [-0.39, 0.29) is 11.3 Å². The van der Waals surface area contributed by atoms with Crippen LogP contribution in [0.15, 0.2) is 42.5 Å². The number of hydrogen-bond acceptors (Lipinski definition) is 2. The topological polar surface area (TPSA) is 35.8 Å². The highest BCUT2D eigenvalue weighted by atomic mass is 19.2. The number of nitriles is 1. The molecule has 0 saturated carbocycles. The molecule has 0 amide bonds. The van der Waals surface area contributed by atoms with Crippen LogP contribution in [0.5, 0.6) is 0 Å². The molecule has 0 saturated heterocycles. The summed E-state index contributed by atoms with van der Waals surface area (Å²) >= 11 is 0. The molecule has 2 rings (SSSR count). The van der Waals surface area contributed by atoms with Crippen molar-refractivity contribution < 1.29 is 8.78 Å². The van der Waals surface area contributed by atoms with Gasteiger partial charge in [0.05, 0.1) is 11.3 Å². The summed E-state index contributed by atoms with van der Waals surface area (Å²) in [7, 11) is 0. The van der Waals surface area contributed by atoms with E-state index in [1.165, 1.54) is 17.7 Å². The van der Waals surface area contributed by atoms with Crippen molar-refractivity contribution >= 4 is 5.69 Å². The smallest absolute Gasteiger partial charge is 0.183 e. The highest BCUT2D eigenvalue weighted by Crippen LogP contribution is 2.20. The Morgan fingerprint density at radius 2 is 1.75 bits per heavy atom. The predicted molar refractivity (Wildman–Crippen MR) is 74.3 cm³/mol. The minimum absolute atomic E-state index is 0.0922. The fraction of sp³-hybridized carbons (Fsp3) is 0.188. The minimum atomic E-state index is -1.10. The molecule has 0 atom stereocenters. The minimum Gasteiger partial charge on any atom is -0.383 e. The summed E-state index contributed by atoms with van der Waals surface area (Å²) in [5.74, 6) is -2.09. The van der Waals surface area contributed by atoms with Gasteiger partial charge in [0, 0.05) is 6.54 Å². The first-order chi connectivity index (χ1) is 9.72. The van der Waals surface area contributed by atoms with Crippen molar-refractivity contribution in [2.75, 3.05) is 11.9 Å². The molecule has 2 aromatic carbocycles. The predicted octanol–water partition coefficient (Wildman–Crippen LogP) is 3.88. The van der Waals surface area contributed by atoms with Crippen LogP contribution in [0, 0.1) is 23.0 Å². The molecule has 0 aliphatic heterocycles. The van der Waals surface area contributed by atoms with Gasteiger partial charge in [-0.3, -0.25) is 0 Å². The number of anilines is 1. The van der Waals surface area contributed by atoms with Gasteiger partial charge < -0.3 is 5.32 Å². The van der Waals surface area contributed by atoms with E-state index < -0.39 is 11.6 Å². The van der Waals surface area contributed by atoms with E-state index in [4.69, 9.17) is 5.26 Å². The first kappa shape index (κ1) is 14.0. The Labute approximate surface area is 116 Å². The van der Waals surface area contributed by atoms with Crippen LogP contribution in [-0.2, 0) is 6.42 Å². The van der Waals surface area contributed by atoms with Crippen LogP contribution in [-0.4, -0.2) is 6.54 Å². The van der Waals surface area contributed by atoms with Gasteiger partial charge in [0.1, 0.15) is 6.07 Å². The molecule has 0 radical (unpaired) electrons. The van der Waals surface area contributed by atoms with Gasteiger partial charge >= 0.3 is 0 Å². The molecule has 0 aliphatic rings. The first-order valence-corrected chi connectivity index (χ1v) is 6.38. The lowest BCUT2D eigenvalue weighted by Gasteiger charge is -2.08. The summed E-state index contributed by atoms with van der Waals surface area (Å²) in [5.41, 5.74) is 1.02. The molecule has 0 bridgehead atoms. The van der Waals surface area contributed by atoms with Gasteiger partial charge in [0.2, 0.25) is 0 Å². The van der Waals surface area contributed by atoms with Crippen LogP contribution in [0.4, 0.5) is 14.5 Å². The number of benzene rings is 2. The third kappa shape index (κ3) is 3.33. The standard InChI is InChI=1S/C16H14F2N2/c17-15-13(11-19)8-9-14(16(15)18)20-10-4-7-12-5-2-1-3-6-12/h1-3,5-6,8-9,20H,4,7,10H2. The second kappa shape index (κ2) is 6.67. The molecule has 1 N–H and O–H groups in total. The Bertz CT molecular complexity index is 618. The second-order valence-electron chi connectivity index (χ2n) is 4.42. The maximum Gasteiger partial charge on any atom is 0.183 e. The van der Waals surface area contributed by atoms with Gasteiger partial charge in [-0.1, -0.05) is 30.3 Å². The van der Waals surface area contributed by atoms with Crippen molar-refractivity contribution in [2.24, 2.45) is 0 Å². The van der Waals surface area contributed by atoms with Crippen LogP contribution in [0.2, 0.25) is 0 Å². The quantitative estimate of drug-likeness (QED) is 0.838. The number of aryl methyl sites for hydroxylation is 1. The summed E-state index contributed by atoms with van der Waals surface area (Å²) in [6, 6.07) is 14.2. The van der Waals surface area contributed by atoms with Crippen molar-refractivity contribution in [2.45, 2.75) is 12.8 Å². The molecule has 0 spiro atoms. The summed E-state index contributed by atoms with van der Waals surface area (Å²) in [6.45, 7) is 0.539. The van der Waals surface area contributed by atoms with Crippen molar-refractivity contribution in [3.8, 4) is 6.07 Å². The molecule has 0 heterocycles. The van der Waals surface area contributed by atoms with Crippen molar-refractivity contribution in [3.63, 3.8) is 0 Å². The van der Waals surface area contributed by atoms with E-state index in [1.54, 1.807) is 6.07 Å². The van der Waals surface area contributed by atoms with Crippen molar-refractivity contribution in [1.82, 2.24) is 0 Å². The number of nitrogens with one attached hydrogen (secondary N) is 1. The molecule has 0 aromatic heterocycles. The first-order valence-electron chi connectivity index (χ1n) is 6.38. The molecule has 2 nitrogen and oxygen atoms in total.